The fraction of sp³-hybridized carbons (Fsp3) is 0.455. The van der Waals surface area contributed by atoms with Crippen LogP contribution in [0.1, 0.15) is 6.42 Å². The van der Waals surface area contributed by atoms with E-state index in [2.05, 4.69) is 0 Å². The van der Waals surface area contributed by atoms with Crippen molar-refractivity contribution in [2.24, 2.45) is 0 Å². The Morgan fingerprint density at radius 3 is 2.20 bits per heavy atom. The monoisotopic (exact) mass is 357 g/mol. The average Bonchev–Trinajstić information content (AvgIpc) is 2.67. The number of benzene rings is 1. The van der Waals surface area contributed by atoms with Crippen LogP contribution in [-0.2, 0) is 19.9 Å². The molecule has 0 aromatic heterocycles. The smallest absolute Gasteiger partial charge is 0.229 e. The van der Waals surface area contributed by atoms with Crippen molar-refractivity contribution >= 4 is 43.1 Å². The summed E-state index contributed by atoms with van der Waals surface area (Å²) in [5.74, 6) is -0.148. The molecule has 1 aromatic carbocycles. The largest absolute Gasteiger partial charge is 0.243 e. The van der Waals surface area contributed by atoms with Crippen molar-refractivity contribution in [2.45, 2.75) is 17.4 Å². The maximum Gasteiger partial charge on any atom is 0.243 e. The van der Waals surface area contributed by atoms with Crippen molar-refractivity contribution in [3.05, 3.63) is 28.2 Å². The average molecular weight is 358 g/mol. The van der Waals surface area contributed by atoms with E-state index in [0.717, 1.165) is 4.31 Å². The number of sulfonamides is 1. The molecule has 0 spiro atoms. The van der Waals surface area contributed by atoms with Crippen LogP contribution in [0.4, 0.5) is 0 Å². The van der Waals surface area contributed by atoms with Gasteiger partial charge in [-0.25, -0.2) is 16.8 Å². The maximum atomic E-state index is 12.4. The molecule has 9 heteroatoms. The second-order valence-corrected chi connectivity index (χ2v) is 9.78. The Hall–Kier alpha value is -0.340. The van der Waals surface area contributed by atoms with E-state index < -0.39 is 25.9 Å². The van der Waals surface area contributed by atoms with E-state index in [-0.39, 0.29) is 26.4 Å². The molecule has 1 saturated heterocycles. The summed E-state index contributed by atoms with van der Waals surface area (Å²) in [6.45, 7) is 0. The molecule has 20 heavy (non-hydrogen) atoms. The van der Waals surface area contributed by atoms with E-state index >= 15 is 0 Å². The van der Waals surface area contributed by atoms with Gasteiger partial charge in [0.25, 0.3) is 0 Å². The zero-order valence-corrected chi connectivity index (χ0v) is 13.7. The molecule has 1 fully saturated rings. The van der Waals surface area contributed by atoms with Gasteiger partial charge in [-0.05, 0) is 24.6 Å². The second-order valence-electron chi connectivity index (χ2n) is 4.68. The van der Waals surface area contributed by atoms with E-state index in [9.17, 15) is 16.8 Å². The molecule has 112 valence electrons. The summed E-state index contributed by atoms with van der Waals surface area (Å²) in [5.41, 5.74) is 0. The molecule has 1 heterocycles. The molecule has 1 aliphatic rings. The summed E-state index contributed by atoms with van der Waals surface area (Å²) in [7, 11) is -5.60. The van der Waals surface area contributed by atoms with E-state index in [0.29, 0.717) is 6.42 Å². The third kappa shape index (κ3) is 3.28. The van der Waals surface area contributed by atoms with Gasteiger partial charge in [0.2, 0.25) is 10.0 Å². The molecular formula is C11H13Cl2NO4S2. The minimum Gasteiger partial charge on any atom is -0.229 e. The lowest BCUT2D eigenvalue weighted by molar-refractivity contribution is 0.394. The first-order valence-corrected chi connectivity index (χ1v) is 9.78. The summed E-state index contributed by atoms with van der Waals surface area (Å²) in [6, 6.07) is 3.47. The Kier molecular flexibility index (Phi) is 4.37. The topological polar surface area (TPSA) is 71.5 Å². The third-order valence-electron chi connectivity index (χ3n) is 3.24. The molecule has 0 N–H and O–H groups in total. The van der Waals surface area contributed by atoms with Crippen molar-refractivity contribution in [3.8, 4) is 0 Å². The zero-order chi connectivity index (χ0) is 15.1. The lowest BCUT2D eigenvalue weighted by Gasteiger charge is -2.23. The van der Waals surface area contributed by atoms with Crippen LogP contribution >= 0.6 is 23.2 Å². The number of rotatable bonds is 3. The van der Waals surface area contributed by atoms with Gasteiger partial charge in [-0.15, -0.1) is 0 Å². The fourth-order valence-corrected chi connectivity index (χ4v) is 6.08. The first kappa shape index (κ1) is 16.0. The summed E-state index contributed by atoms with van der Waals surface area (Å²) in [4.78, 5) is -0.0400. The zero-order valence-electron chi connectivity index (χ0n) is 10.6. The molecule has 1 aliphatic heterocycles. The van der Waals surface area contributed by atoms with Crippen molar-refractivity contribution in [2.75, 3.05) is 18.6 Å². The number of nitrogens with zero attached hydrogens (tertiary/aromatic N) is 1. The minimum absolute atomic E-state index is 0.00777. The summed E-state index contributed by atoms with van der Waals surface area (Å²) >= 11 is 11.6. The van der Waals surface area contributed by atoms with Crippen LogP contribution in [0.3, 0.4) is 0 Å². The molecular weight excluding hydrogens is 345 g/mol. The van der Waals surface area contributed by atoms with Crippen LogP contribution in [0.2, 0.25) is 10.0 Å². The molecule has 1 atom stereocenters. The van der Waals surface area contributed by atoms with Crippen LogP contribution in [0, 0.1) is 0 Å². The van der Waals surface area contributed by atoms with E-state index in [4.69, 9.17) is 23.2 Å². The van der Waals surface area contributed by atoms with Crippen molar-refractivity contribution in [1.82, 2.24) is 4.31 Å². The predicted octanol–water partition coefficient (Wildman–Crippen LogP) is 1.80. The Morgan fingerprint density at radius 1 is 1.20 bits per heavy atom. The minimum atomic E-state index is -3.82. The van der Waals surface area contributed by atoms with Crippen LogP contribution in [0.15, 0.2) is 23.1 Å². The highest BCUT2D eigenvalue weighted by molar-refractivity contribution is 7.92. The number of sulfone groups is 1. The molecule has 1 aromatic rings. The van der Waals surface area contributed by atoms with Gasteiger partial charge in [-0.1, -0.05) is 23.2 Å². The maximum absolute atomic E-state index is 12.4. The van der Waals surface area contributed by atoms with Gasteiger partial charge in [0.15, 0.2) is 9.84 Å². The normalized spacial score (nSPS) is 22.3. The molecule has 5 nitrogen and oxygen atoms in total. The highest BCUT2D eigenvalue weighted by atomic mass is 35.5. The van der Waals surface area contributed by atoms with Gasteiger partial charge < -0.3 is 0 Å². The molecule has 0 unspecified atom stereocenters. The molecule has 0 amide bonds. The van der Waals surface area contributed by atoms with E-state index in [1.165, 1.54) is 25.2 Å². The Balaban J connectivity index is 2.35. The summed E-state index contributed by atoms with van der Waals surface area (Å²) in [5, 5.41) is 0.423. The Morgan fingerprint density at radius 2 is 1.75 bits per heavy atom. The van der Waals surface area contributed by atoms with Gasteiger partial charge >= 0.3 is 0 Å². The fourth-order valence-electron chi connectivity index (χ4n) is 2.10. The summed E-state index contributed by atoms with van der Waals surface area (Å²) in [6.07, 6.45) is 0.298. The molecule has 0 radical (unpaired) electrons. The van der Waals surface area contributed by atoms with E-state index in [1.54, 1.807) is 0 Å². The van der Waals surface area contributed by atoms with Crippen LogP contribution in [-0.4, -0.2) is 45.7 Å². The lowest BCUT2D eigenvalue weighted by Crippen LogP contribution is -2.37. The highest BCUT2D eigenvalue weighted by Crippen LogP contribution is 2.27. The number of halogens is 2. The van der Waals surface area contributed by atoms with Crippen LogP contribution in [0.25, 0.3) is 0 Å². The highest BCUT2D eigenvalue weighted by Gasteiger charge is 2.36. The van der Waals surface area contributed by atoms with Gasteiger partial charge in [-0.3, -0.25) is 0 Å². The molecule has 0 bridgehead atoms. The summed E-state index contributed by atoms with van der Waals surface area (Å²) < 4.78 is 48.9. The van der Waals surface area contributed by atoms with Gasteiger partial charge in [-0.2, -0.15) is 4.31 Å². The van der Waals surface area contributed by atoms with Crippen LogP contribution < -0.4 is 0 Å². The quantitative estimate of drug-likeness (QED) is 0.826. The molecule has 0 aliphatic carbocycles. The van der Waals surface area contributed by atoms with Gasteiger partial charge in [0.05, 0.1) is 16.4 Å². The molecule has 2 rings (SSSR count). The standard InChI is InChI=1S/C11H13Cl2NO4S2/c1-14(10-2-3-19(15,16)7-10)20(17,18)11-5-8(12)4-9(13)6-11/h4-6,10H,2-3,7H2,1H3/t10-/m0/s1. The van der Waals surface area contributed by atoms with Crippen molar-refractivity contribution in [3.63, 3.8) is 0 Å². The molecule has 0 saturated carbocycles. The van der Waals surface area contributed by atoms with Gasteiger partial charge in [0, 0.05) is 23.1 Å². The Bertz CT molecular complexity index is 711. The number of hydrogen-bond donors (Lipinski definition) is 0. The first-order valence-electron chi connectivity index (χ1n) is 5.76. The van der Waals surface area contributed by atoms with Crippen molar-refractivity contribution in [1.29, 1.82) is 0 Å². The predicted molar refractivity (Wildman–Crippen MR) is 78.5 cm³/mol. The first-order chi connectivity index (χ1) is 9.12. The third-order valence-corrected chi connectivity index (χ3v) is 7.31. The second kappa shape index (κ2) is 5.46. The lowest BCUT2D eigenvalue weighted by atomic mass is 10.3. The van der Waals surface area contributed by atoms with Crippen molar-refractivity contribution < 1.29 is 16.8 Å². The Labute approximate surface area is 128 Å². The number of hydrogen-bond acceptors (Lipinski definition) is 4. The SMILES string of the molecule is CN([C@H]1CCS(=O)(=O)C1)S(=O)(=O)c1cc(Cl)cc(Cl)c1. The van der Waals surface area contributed by atoms with E-state index in [1.807, 2.05) is 0 Å². The van der Waals surface area contributed by atoms with Crippen LogP contribution in [0.5, 0.6) is 0 Å². The van der Waals surface area contributed by atoms with Gasteiger partial charge in [0.1, 0.15) is 0 Å².